The summed E-state index contributed by atoms with van der Waals surface area (Å²) in [6, 6.07) is 19.4. The maximum Gasteiger partial charge on any atom is 0.235 e. The molecule has 0 aliphatic carbocycles. The summed E-state index contributed by atoms with van der Waals surface area (Å²) >= 11 is 0. The lowest BCUT2D eigenvalue weighted by Gasteiger charge is -2.04. The molecule has 0 saturated carbocycles. The molecule has 0 radical (unpaired) electrons. The lowest BCUT2D eigenvalue weighted by atomic mass is 10.2. The number of rotatable bonds is 5. The van der Waals surface area contributed by atoms with Gasteiger partial charge in [0.2, 0.25) is 11.8 Å². The molecule has 2 aromatic carbocycles. The Morgan fingerprint density at radius 2 is 1.68 bits per heavy atom. The molecule has 0 unspecified atom stereocenters. The Balaban J connectivity index is 1.64. The monoisotopic (exact) mass is 290 g/mol. The molecule has 108 valence electrons. The van der Waals surface area contributed by atoms with E-state index >= 15 is 0 Å². The fourth-order valence-corrected chi connectivity index (χ4v) is 2.11. The summed E-state index contributed by atoms with van der Waals surface area (Å²) in [6.07, 6.45) is 0.614. The number of para-hydroxylation sites is 1. The second-order valence-electron chi connectivity index (χ2n) is 4.76. The lowest BCUT2D eigenvalue weighted by Crippen LogP contribution is -2.01. The Morgan fingerprint density at radius 3 is 2.50 bits per heavy atom. The normalized spacial score (nSPS) is 10.1. The van der Waals surface area contributed by atoms with Crippen LogP contribution in [0.2, 0.25) is 0 Å². The van der Waals surface area contributed by atoms with Crippen molar-refractivity contribution in [1.82, 2.24) is 10.2 Å². The number of aromatic nitrogens is 2. The van der Waals surface area contributed by atoms with Gasteiger partial charge in [0.1, 0.15) is 6.07 Å². The van der Waals surface area contributed by atoms with Gasteiger partial charge in [0, 0.05) is 0 Å². The van der Waals surface area contributed by atoms with Crippen molar-refractivity contribution < 1.29 is 4.42 Å². The zero-order valence-corrected chi connectivity index (χ0v) is 11.9. The van der Waals surface area contributed by atoms with E-state index in [1.807, 2.05) is 48.5 Å². The van der Waals surface area contributed by atoms with E-state index in [4.69, 9.17) is 9.68 Å². The van der Waals surface area contributed by atoms with Crippen molar-refractivity contribution in [1.29, 1.82) is 5.26 Å². The first-order chi connectivity index (χ1) is 10.8. The Bertz CT molecular complexity index is 790. The summed E-state index contributed by atoms with van der Waals surface area (Å²) in [6.45, 7) is 0.389. The smallest absolute Gasteiger partial charge is 0.235 e. The Hall–Kier alpha value is -3.13. The van der Waals surface area contributed by atoms with Crippen LogP contribution < -0.4 is 5.32 Å². The number of hydrogen-bond donors (Lipinski definition) is 1. The molecule has 0 fully saturated rings. The summed E-state index contributed by atoms with van der Waals surface area (Å²) in [5.41, 5.74) is 2.47. The second-order valence-corrected chi connectivity index (χ2v) is 4.76. The first-order valence-corrected chi connectivity index (χ1v) is 6.93. The van der Waals surface area contributed by atoms with Gasteiger partial charge in [0.25, 0.3) is 0 Å². The van der Waals surface area contributed by atoms with Gasteiger partial charge < -0.3 is 9.73 Å². The van der Waals surface area contributed by atoms with Crippen LogP contribution in [0.3, 0.4) is 0 Å². The molecule has 0 spiro atoms. The van der Waals surface area contributed by atoms with Crippen LogP contribution in [0.4, 0.5) is 5.69 Å². The van der Waals surface area contributed by atoms with Crippen LogP contribution in [-0.4, -0.2) is 10.2 Å². The van der Waals surface area contributed by atoms with Gasteiger partial charge in [-0.05, 0) is 17.7 Å². The lowest BCUT2D eigenvalue weighted by molar-refractivity contribution is 0.464. The molecule has 0 atom stereocenters. The molecular formula is C17H14N4O. The molecule has 0 aliphatic rings. The first kappa shape index (κ1) is 13.8. The maximum atomic E-state index is 9.04. The van der Waals surface area contributed by atoms with Crippen LogP contribution in [0.1, 0.15) is 22.9 Å². The van der Waals surface area contributed by atoms with Gasteiger partial charge in [0.05, 0.1) is 24.2 Å². The van der Waals surface area contributed by atoms with Crippen LogP contribution in [0.5, 0.6) is 0 Å². The number of nitrogens with one attached hydrogen (secondary N) is 1. The van der Waals surface area contributed by atoms with E-state index in [-0.39, 0.29) is 0 Å². The topological polar surface area (TPSA) is 74.7 Å². The molecule has 0 aliphatic heterocycles. The van der Waals surface area contributed by atoms with Crippen molar-refractivity contribution in [3.05, 3.63) is 77.5 Å². The van der Waals surface area contributed by atoms with Gasteiger partial charge in [-0.1, -0.05) is 42.5 Å². The van der Waals surface area contributed by atoms with Gasteiger partial charge in [-0.25, -0.2) is 0 Å². The minimum absolute atomic E-state index is 0.389. The number of nitrogens with zero attached hydrogens (tertiary/aromatic N) is 3. The fraction of sp³-hybridized carbons (Fsp3) is 0.118. The molecule has 5 heteroatoms. The number of benzene rings is 2. The Kier molecular flexibility index (Phi) is 4.12. The molecule has 1 heterocycles. The van der Waals surface area contributed by atoms with Crippen molar-refractivity contribution in [2.75, 3.05) is 5.32 Å². The van der Waals surface area contributed by atoms with Gasteiger partial charge in [-0.3, -0.25) is 0 Å². The van der Waals surface area contributed by atoms with Crippen molar-refractivity contribution in [2.45, 2.75) is 13.0 Å². The van der Waals surface area contributed by atoms with Crippen molar-refractivity contribution in [3.63, 3.8) is 0 Å². The third-order valence-electron chi connectivity index (χ3n) is 3.18. The van der Waals surface area contributed by atoms with E-state index < -0.39 is 0 Å². The quantitative estimate of drug-likeness (QED) is 0.781. The average Bonchev–Trinajstić information content (AvgIpc) is 3.01. The number of nitriles is 1. The molecule has 0 saturated heterocycles. The minimum atomic E-state index is 0.389. The highest BCUT2D eigenvalue weighted by Crippen LogP contribution is 2.15. The van der Waals surface area contributed by atoms with Crippen molar-refractivity contribution in [2.24, 2.45) is 0 Å². The predicted molar refractivity (Wildman–Crippen MR) is 82.0 cm³/mol. The number of hydrogen-bond acceptors (Lipinski definition) is 5. The van der Waals surface area contributed by atoms with Gasteiger partial charge in [0.15, 0.2) is 0 Å². The SMILES string of the molecule is N#Cc1ccccc1NCc1nnc(Cc2ccccc2)o1. The highest BCUT2D eigenvalue weighted by atomic mass is 16.4. The summed E-state index contributed by atoms with van der Waals surface area (Å²) in [5.74, 6) is 1.08. The number of anilines is 1. The molecular weight excluding hydrogens is 276 g/mol. The summed E-state index contributed by atoms with van der Waals surface area (Å²) in [4.78, 5) is 0. The summed E-state index contributed by atoms with van der Waals surface area (Å²) < 4.78 is 5.62. The zero-order chi connectivity index (χ0) is 15.2. The van der Waals surface area contributed by atoms with Crippen LogP contribution in [0.15, 0.2) is 59.0 Å². The zero-order valence-electron chi connectivity index (χ0n) is 11.9. The molecule has 3 aromatic rings. The fourth-order valence-electron chi connectivity index (χ4n) is 2.11. The molecule has 0 amide bonds. The second kappa shape index (κ2) is 6.55. The van der Waals surface area contributed by atoms with E-state index in [1.54, 1.807) is 6.07 Å². The van der Waals surface area contributed by atoms with E-state index in [0.717, 1.165) is 11.3 Å². The largest absolute Gasteiger partial charge is 0.423 e. The van der Waals surface area contributed by atoms with Gasteiger partial charge in [-0.15, -0.1) is 10.2 Å². The van der Waals surface area contributed by atoms with Crippen LogP contribution >= 0.6 is 0 Å². The molecule has 1 aromatic heterocycles. The standard InChI is InChI=1S/C17H14N4O/c18-11-14-8-4-5-9-15(14)19-12-17-21-20-16(22-17)10-13-6-2-1-3-7-13/h1-9,19H,10,12H2. The van der Waals surface area contributed by atoms with Crippen LogP contribution in [0, 0.1) is 11.3 Å². The molecule has 22 heavy (non-hydrogen) atoms. The molecule has 1 N–H and O–H groups in total. The maximum absolute atomic E-state index is 9.04. The highest BCUT2D eigenvalue weighted by Gasteiger charge is 2.07. The predicted octanol–water partition coefficient (Wildman–Crippen LogP) is 3.14. The van der Waals surface area contributed by atoms with Gasteiger partial charge >= 0.3 is 0 Å². The minimum Gasteiger partial charge on any atom is -0.423 e. The van der Waals surface area contributed by atoms with E-state index in [1.165, 1.54) is 0 Å². The van der Waals surface area contributed by atoms with E-state index in [2.05, 4.69) is 21.6 Å². The van der Waals surface area contributed by atoms with Crippen LogP contribution in [0.25, 0.3) is 0 Å². The molecule has 5 nitrogen and oxygen atoms in total. The van der Waals surface area contributed by atoms with Crippen molar-refractivity contribution in [3.8, 4) is 6.07 Å². The first-order valence-electron chi connectivity index (χ1n) is 6.93. The highest BCUT2D eigenvalue weighted by molar-refractivity contribution is 5.56. The van der Waals surface area contributed by atoms with Gasteiger partial charge in [-0.2, -0.15) is 5.26 Å². The van der Waals surface area contributed by atoms with E-state index in [9.17, 15) is 0 Å². The third kappa shape index (κ3) is 3.30. The van der Waals surface area contributed by atoms with Crippen LogP contribution in [-0.2, 0) is 13.0 Å². The Morgan fingerprint density at radius 1 is 0.955 bits per heavy atom. The Labute approximate surface area is 128 Å². The molecule has 3 rings (SSSR count). The summed E-state index contributed by atoms with van der Waals surface area (Å²) in [7, 11) is 0. The van der Waals surface area contributed by atoms with Crippen molar-refractivity contribution >= 4 is 5.69 Å². The van der Waals surface area contributed by atoms with E-state index in [0.29, 0.717) is 30.3 Å². The third-order valence-corrected chi connectivity index (χ3v) is 3.18. The average molecular weight is 290 g/mol. The molecule has 0 bridgehead atoms. The summed E-state index contributed by atoms with van der Waals surface area (Å²) in [5, 5.41) is 20.2.